The van der Waals surface area contributed by atoms with Gasteiger partial charge in [0.05, 0.1) is 17.9 Å². The van der Waals surface area contributed by atoms with Gasteiger partial charge in [-0.2, -0.15) is 0 Å². The van der Waals surface area contributed by atoms with Crippen LogP contribution in [-0.4, -0.2) is 27.8 Å². The highest BCUT2D eigenvalue weighted by molar-refractivity contribution is 7.17. The second-order valence-electron chi connectivity index (χ2n) is 4.31. The molecule has 17 heavy (non-hydrogen) atoms. The molecule has 1 aliphatic heterocycles. The summed E-state index contributed by atoms with van der Waals surface area (Å²) in [6.07, 6.45) is 2.64. The summed E-state index contributed by atoms with van der Waals surface area (Å²) in [5.41, 5.74) is 7.43. The van der Waals surface area contributed by atoms with Crippen LogP contribution in [0.2, 0.25) is 0 Å². The summed E-state index contributed by atoms with van der Waals surface area (Å²) >= 11 is 1.67. The first kappa shape index (κ1) is 10.9. The molecule has 3 N–H and O–H groups in total. The molecule has 90 valence electrons. The molecule has 0 aromatic carbocycles. The number of carbonyl (C=O) groups is 1. The predicted molar refractivity (Wildman–Crippen MR) is 66.5 cm³/mol. The van der Waals surface area contributed by atoms with Crippen LogP contribution < -0.4 is 11.1 Å². The quantitative estimate of drug-likeness (QED) is 0.764. The van der Waals surface area contributed by atoms with Gasteiger partial charge in [-0.1, -0.05) is 0 Å². The number of hydrogen-bond acceptors (Lipinski definition) is 5. The zero-order valence-electron chi connectivity index (χ0n) is 9.56. The topological polar surface area (TPSA) is 72.4 Å². The SMILES string of the molecule is CC(N)C(=O)c1cnc2sc3c(n12)CNCC3. The van der Waals surface area contributed by atoms with Crippen molar-refractivity contribution in [1.29, 1.82) is 0 Å². The Bertz CT molecular complexity index is 584. The maximum Gasteiger partial charge on any atom is 0.197 e. The van der Waals surface area contributed by atoms with Crippen LogP contribution in [0, 0.1) is 0 Å². The van der Waals surface area contributed by atoms with Crippen LogP contribution in [-0.2, 0) is 13.0 Å². The zero-order chi connectivity index (χ0) is 12.0. The molecule has 2 aromatic rings. The van der Waals surface area contributed by atoms with Crippen LogP contribution in [0.15, 0.2) is 6.20 Å². The minimum atomic E-state index is -0.484. The number of imidazole rings is 1. The first-order valence-corrected chi connectivity index (χ1v) is 6.48. The summed E-state index contributed by atoms with van der Waals surface area (Å²) in [4.78, 5) is 18.5. The smallest absolute Gasteiger partial charge is 0.197 e. The van der Waals surface area contributed by atoms with Crippen molar-refractivity contribution in [3.8, 4) is 0 Å². The highest BCUT2D eigenvalue weighted by Crippen LogP contribution is 2.27. The van der Waals surface area contributed by atoms with Crippen LogP contribution in [0.3, 0.4) is 0 Å². The van der Waals surface area contributed by atoms with Crippen molar-refractivity contribution in [2.75, 3.05) is 6.54 Å². The molecular weight excluding hydrogens is 236 g/mol. The fourth-order valence-electron chi connectivity index (χ4n) is 2.15. The van der Waals surface area contributed by atoms with Crippen LogP contribution in [0.4, 0.5) is 0 Å². The normalized spacial score (nSPS) is 17.1. The van der Waals surface area contributed by atoms with Gasteiger partial charge >= 0.3 is 0 Å². The number of nitrogens with zero attached hydrogens (tertiary/aromatic N) is 2. The van der Waals surface area contributed by atoms with E-state index in [1.807, 2.05) is 4.40 Å². The molecule has 3 heterocycles. The number of hydrogen-bond donors (Lipinski definition) is 2. The lowest BCUT2D eigenvalue weighted by molar-refractivity contribution is 0.0962. The Morgan fingerprint density at radius 2 is 2.53 bits per heavy atom. The van der Waals surface area contributed by atoms with E-state index >= 15 is 0 Å². The number of rotatable bonds is 2. The molecule has 0 saturated heterocycles. The highest BCUT2D eigenvalue weighted by Gasteiger charge is 2.23. The van der Waals surface area contributed by atoms with E-state index in [4.69, 9.17) is 5.73 Å². The average molecular weight is 250 g/mol. The van der Waals surface area contributed by atoms with E-state index in [0.717, 1.165) is 30.2 Å². The van der Waals surface area contributed by atoms with Gasteiger partial charge in [0.1, 0.15) is 5.69 Å². The average Bonchev–Trinajstić information content (AvgIpc) is 2.86. The largest absolute Gasteiger partial charge is 0.321 e. The van der Waals surface area contributed by atoms with Crippen LogP contribution in [0.25, 0.3) is 4.96 Å². The molecule has 0 saturated carbocycles. The molecule has 3 rings (SSSR count). The Balaban J connectivity index is 2.20. The van der Waals surface area contributed by atoms with Gasteiger partial charge in [-0.15, -0.1) is 11.3 Å². The lowest BCUT2D eigenvalue weighted by atomic mass is 10.1. The number of nitrogens with two attached hydrogens (primary N) is 1. The van der Waals surface area contributed by atoms with Crippen LogP contribution >= 0.6 is 11.3 Å². The lowest BCUT2D eigenvalue weighted by Crippen LogP contribution is -2.29. The Morgan fingerprint density at radius 1 is 1.71 bits per heavy atom. The predicted octanol–water partition coefficient (Wildman–Crippen LogP) is 0.571. The molecule has 0 bridgehead atoms. The number of thiazole rings is 1. The van der Waals surface area contributed by atoms with E-state index in [-0.39, 0.29) is 5.78 Å². The molecule has 1 atom stereocenters. The summed E-state index contributed by atoms with van der Waals surface area (Å²) in [6.45, 7) is 3.50. The third-order valence-electron chi connectivity index (χ3n) is 3.02. The van der Waals surface area contributed by atoms with Gasteiger partial charge in [-0.3, -0.25) is 9.20 Å². The van der Waals surface area contributed by atoms with Gasteiger partial charge in [-0.25, -0.2) is 4.98 Å². The van der Waals surface area contributed by atoms with Crippen molar-refractivity contribution in [2.45, 2.75) is 25.9 Å². The molecule has 0 spiro atoms. The zero-order valence-corrected chi connectivity index (χ0v) is 10.4. The van der Waals surface area contributed by atoms with E-state index in [1.165, 1.54) is 4.88 Å². The maximum atomic E-state index is 12.0. The van der Waals surface area contributed by atoms with Gasteiger partial charge < -0.3 is 11.1 Å². The number of nitrogens with one attached hydrogen (secondary N) is 1. The van der Waals surface area contributed by atoms with E-state index in [1.54, 1.807) is 24.5 Å². The van der Waals surface area contributed by atoms with E-state index in [2.05, 4.69) is 10.3 Å². The first-order valence-electron chi connectivity index (χ1n) is 5.67. The lowest BCUT2D eigenvalue weighted by Gasteiger charge is -2.13. The second kappa shape index (κ2) is 3.90. The Labute approximate surface area is 103 Å². The number of fused-ring (bicyclic) bond motifs is 3. The third-order valence-corrected chi connectivity index (χ3v) is 4.18. The molecule has 0 radical (unpaired) electrons. The van der Waals surface area contributed by atoms with Crippen LogP contribution in [0.1, 0.15) is 28.0 Å². The minimum absolute atomic E-state index is 0.0522. The fraction of sp³-hybridized carbons (Fsp3) is 0.455. The van der Waals surface area contributed by atoms with Gasteiger partial charge in [-0.05, 0) is 13.3 Å². The molecule has 1 unspecified atom stereocenters. The molecule has 0 fully saturated rings. The van der Waals surface area contributed by atoms with Crippen molar-refractivity contribution in [3.63, 3.8) is 0 Å². The van der Waals surface area contributed by atoms with Gasteiger partial charge in [0.25, 0.3) is 0 Å². The van der Waals surface area contributed by atoms with Crippen molar-refractivity contribution >= 4 is 22.1 Å². The standard InChI is InChI=1S/C11H14N4OS/c1-6(12)10(16)8-5-14-11-15(8)7-4-13-3-2-9(7)17-11/h5-6,13H,2-4,12H2,1H3. The van der Waals surface area contributed by atoms with E-state index in [0.29, 0.717) is 5.69 Å². The number of Topliss-reactive ketones (excluding diaryl/α,β-unsaturated/α-hetero) is 1. The van der Waals surface area contributed by atoms with Crippen molar-refractivity contribution in [2.24, 2.45) is 5.73 Å². The third kappa shape index (κ3) is 1.60. The Kier molecular flexibility index (Phi) is 2.50. The van der Waals surface area contributed by atoms with Gasteiger partial charge in [0.15, 0.2) is 10.7 Å². The first-order chi connectivity index (χ1) is 8.18. The van der Waals surface area contributed by atoms with E-state index in [9.17, 15) is 4.79 Å². The monoisotopic (exact) mass is 250 g/mol. The Morgan fingerprint density at radius 3 is 3.29 bits per heavy atom. The summed E-state index contributed by atoms with van der Waals surface area (Å²) < 4.78 is 1.96. The summed E-state index contributed by atoms with van der Waals surface area (Å²) in [6, 6.07) is -0.484. The molecule has 5 nitrogen and oxygen atoms in total. The highest BCUT2D eigenvalue weighted by atomic mass is 32.1. The summed E-state index contributed by atoms with van der Waals surface area (Å²) in [5, 5.41) is 3.32. The molecule has 2 aromatic heterocycles. The Hall–Kier alpha value is -1.24. The number of ketones is 1. The summed E-state index contributed by atoms with van der Waals surface area (Å²) in [5.74, 6) is -0.0522. The van der Waals surface area contributed by atoms with Crippen molar-refractivity contribution in [3.05, 3.63) is 22.5 Å². The molecule has 0 aliphatic carbocycles. The minimum Gasteiger partial charge on any atom is -0.321 e. The van der Waals surface area contributed by atoms with Gasteiger partial charge in [0, 0.05) is 18.0 Å². The molecule has 6 heteroatoms. The second-order valence-corrected chi connectivity index (χ2v) is 5.38. The summed E-state index contributed by atoms with van der Waals surface area (Å²) in [7, 11) is 0. The number of carbonyl (C=O) groups excluding carboxylic acids is 1. The van der Waals surface area contributed by atoms with E-state index < -0.39 is 6.04 Å². The van der Waals surface area contributed by atoms with Crippen LogP contribution in [0.5, 0.6) is 0 Å². The molecular formula is C11H14N4OS. The van der Waals surface area contributed by atoms with Crippen molar-refractivity contribution in [1.82, 2.24) is 14.7 Å². The van der Waals surface area contributed by atoms with Gasteiger partial charge in [0.2, 0.25) is 0 Å². The van der Waals surface area contributed by atoms with Crippen molar-refractivity contribution < 1.29 is 4.79 Å². The fourth-order valence-corrected chi connectivity index (χ4v) is 3.26. The molecule has 1 aliphatic rings. The number of aromatic nitrogens is 2. The molecule has 0 amide bonds. The maximum absolute atomic E-state index is 12.0.